The number of hydrogen-bond acceptors (Lipinski definition) is 1. The molecule has 0 saturated heterocycles. The fraction of sp³-hybridized carbons (Fsp3) is 0.571. The highest BCUT2D eigenvalue weighted by Crippen LogP contribution is 2.12. The normalized spacial score (nSPS) is 13.1. The van der Waals surface area contributed by atoms with Crippen LogP contribution >= 0.6 is 0 Å². The second kappa shape index (κ2) is 6.64. The van der Waals surface area contributed by atoms with Gasteiger partial charge >= 0.3 is 0 Å². The maximum atomic E-state index is 12.7. The van der Waals surface area contributed by atoms with E-state index in [1.807, 2.05) is 19.2 Å². The molecule has 0 aliphatic rings. The summed E-state index contributed by atoms with van der Waals surface area (Å²) in [4.78, 5) is 0. The molecule has 0 aromatic heterocycles. The van der Waals surface area contributed by atoms with Gasteiger partial charge in [-0.05, 0) is 49.9 Å². The first-order valence-electron chi connectivity index (χ1n) is 6.03. The summed E-state index contributed by atoms with van der Waals surface area (Å²) in [6, 6.07) is 7.37. The van der Waals surface area contributed by atoms with Crippen molar-refractivity contribution in [1.29, 1.82) is 0 Å². The summed E-state index contributed by atoms with van der Waals surface area (Å²) in [5, 5.41) is 3.34. The molecular weight excluding hydrogens is 201 g/mol. The lowest BCUT2D eigenvalue weighted by Gasteiger charge is -2.18. The van der Waals surface area contributed by atoms with Crippen molar-refractivity contribution in [3.8, 4) is 0 Å². The molecule has 1 N–H and O–H groups in total. The van der Waals surface area contributed by atoms with Crippen LogP contribution in [0.25, 0.3) is 0 Å². The Morgan fingerprint density at radius 3 is 2.31 bits per heavy atom. The summed E-state index contributed by atoms with van der Waals surface area (Å²) >= 11 is 0. The van der Waals surface area contributed by atoms with E-state index in [4.69, 9.17) is 0 Å². The molecule has 1 aromatic rings. The van der Waals surface area contributed by atoms with Crippen LogP contribution in [0.1, 0.15) is 32.3 Å². The maximum absolute atomic E-state index is 12.7. The Kier molecular flexibility index (Phi) is 5.47. The summed E-state index contributed by atoms with van der Waals surface area (Å²) in [6.07, 6.45) is 3.32. The van der Waals surface area contributed by atoms with Gasteiger partial charge in [0, 0.05) is 6.04 Å². The molecule has 1 rings (SSSR count). The van der Waals surface area contributed by atoms with Gasteiger partial charge in [-0.15, -0.1) is 0 Å². The second-order valence-electron chi connectivity index (χ2n) is 4.78. The highest BCUT2D eigenvalue weighted by Gasteiger charge is 2.08. The van der Waals surface area contributed by atoms with Gasteiger partial charge in [-0.3, -0.25) is 0 Å². The molecule has 0 amide bonds. The van der Waals surface area contributed by atoms with Crippen molar-refractivity contribution in [3.05, 3.63) is 35.6 Å². The van der Waals surface area contributed by atoms with Crippen LogP contribution in [0.3, 0.4) is 0 Å². The summed E-state index contributed by atoms with van der Waals surface area (Å²) in [5.41, 5.74) is 1.21. The molecule has 1 aromatic carbocycles. The molecule has 90 valence electrons. The Morgan fingerprint density at radius 2 is 1.81 bits per heavy atom. The quantitative estimate of drug-likeness (QED) is 0.779. The van der Waals surface area contributed by atoms with Crippen molar-refractivity contribution in [3.63, 3.8) is 0 Å². The van der Waals surface area contributed by atoms with Crippen molar-refractivity contribution in [2.45, 2.75) is 39.2 Å². The molecule has 16 heavy (non-hydrogen) atoms. The van der Waals surface area contributed by atoms with Gasteiger partial charge in [0.15, 0.2) is 0 Å². The zero-order valence-corrected chi connectivity index (χ0v) is 10.5. The van der Waals surface area contributed by atoms with Crippen LogP contribution in [-0.4, -0.2) is 13.1 Å². The fourth-order valence-electron chi connectivity index (χ4n) is 1.94. The number of aryl methyl sites for hydroxylation is 1. The minimum Gasteiger partial charge on any atom is -0.317 e. The number of halogens is 1. The number of hydrogen-bond donors (Lipinski definition) is 1. The van der Waals surface area contributed by atoms with E-state index in [9.17, 15) is 4.39 Å². The third-order valence-corrected chi connectivity index (χ3v) is 2.86. The Hall–Kier alpha value is -0.890. The monoisotopic (exact) mass is 223 g/mol. The topological polar surface area (TPSA) is 12.0 Å². The summed E-state index contributed by atoms with van der Waals surface area (Å²) in [5.74, 6) is 0.557. The molecule has 1 nitrogen and oxygen atoms in total. The molecule has 2 heteroatoms. The second-order valence-corrected chi connectivity index (χ2v) is 4.78. The Bertz CT molecular complexity index is 292. The van der Waals surface area contributed by atoms with E-state index >= 15 is 0 Å². The molecule has 0 fully saturated rings. The molecule has 0 heterocycles. The van der Waals surface area contributed by atoms with E-state index in [1.54, 1.807) is 0 Å². The third kappa shape index (κ3) is 4.75. The minimum absolute atomic E-state index is 0.156. The lowest BCUT2D eigenvalue weighted by Crippen LogP contribution is -2.27. The minimum atomic E-state index is -0.156. The predicted octanol–water partition coefficient (Wildman–Crippen LogP) is 3.39. The summed E-state index contributed by atoms with van der Waals surface area (Å²) in [6.45, 7) is 4.48. The van der Waals surface area contributed by atoms with E-state index in [1.165, 1.54) is 24.1 Å². The predicted molar refractivity (Wildman–Crippen MR) is 67.0 cm³/mol. The van der Waals surface area contributed by atoms with Crippen LogP contribution in [0, 0.1) is 11.7 Å². The van der Waals surface area contributed by atoms with Crippen LogP contribution in [0.15, 0.2) is 24.3 Å². The molecule has 0 spiro atoms. The van der Waals surface area contributed by atoms with E-state index in [0.29, 0.717) is 12.0 Å². The van der Waals surface area contributed by atoms with E-state index < -0.39 is 0 Å². The Labute approximate surface area is 98.1 Å². The smallest absolute Gasteiger partial charge is 0.123 e. The van der Waals surface area contributed by atoms with Crippen LogP contribution in [-0.2, 0) is 6.42 Å². The van der Waals surface area contributed by atoms with Crippen LogP contribution in [0.2, 0.25) is 0 Å². The van der Waals surface area contributed by atoms with Gasteiger partial charge in [-0.25, -0.2) is 4.39 Å². The first-order chi connectivity index (χ1) is 7.61. The first-order valence-corrected chi connectivity index (χ1v) is 6.03. The summed E-state index contributed by atoms with van der Waals surface area (Å²) in [7, 11) is 2.01. The van der Waals surface area contributed by atoms with Crippen molar-refractivity contribution >= 4 is 0 Å². The molecular formula is C14H22FN. The average Bonchev–Trinajstić information content (AvgIpc) is 2.26. The maximum Gasteiger partial charge on any atom is 0.123 e. The lowest BCUT2D eigenvalue weighted by molar-refractivity contribution is 0.422. The SMILES string of the molecule is CNC(CCc1ccc(F)cc1)CC(C)C. The zero-order chi connectivity index (χ0) is 12.0. The van der Waals surface area contributed by atoms with Crippen LogP contribution in [0.5, 0.6) is 0 Å². The van der Waals surface area contributed by atoms with Gasteiger partial charge in [-0.2, -0.15) is 0 Å². The van der Waals surface area contributed by atoms with Crippen molar-refractivity contribution in [1.82, 2.24) is 5.32 Å². The number of nitrogens with one attached hydrogen (secondary N) is 1. The van der Waals surface area contributed by atoms with Crippen molar-refractivity contribution in [2.24, 2.45) is 5.92 Å². The zero-order valence-electron chi connectivity index (χ0n) is 10.5. The molecule has 0 bridgehead atoms. The van der Waals surface area contributed by atoms with Gasteiger partial charge in [0.2, 0.25) is 0 Å². The third-order valence-electron chi connectivity index (χ3n) is 2.86. The number of rotatable bonds is 6. The van der Waals surface area contributed by atoms with E-state index in [2.05, 4.69) is 19.2 Å². The van der Waals surface area contributed by atoms with Crippen LogP contribution in [0.4, 0.5) is 4.39 Å². The molecule has 0 aliphatic carbocycles. The first kappa shape index (κ1) is 13.2. The molecule has 1 unspecified atom stereocenters. The van der Waals surface area contributed by atoms with Gasteiger partial charge in [-0.1, -0.05) is 26.0 Å². The van der Waals surface area contributed by atoms with Crippen molar-refractivity contribution < 1.29 is 4.39 Å². The van der Waals surface area contributed by atoms with Crippen LogP contribution < -0.4 is 5.32 Å². The van der Waals surface area contributed by atoms with Gasteiger partial charge in [0.25, 0.3) is 0 Å². The van der Waals surface area contributed by atoms with E-state index in [-0.39, 0.29) is 5.82 Å². The van der Waals surface area contributed by atoms with Gasteiger partial charge in [0.1, 0.15) is 5.82 Å². The Morgan fingerprint density at radius 1 is 1.19 bits per heavy atom. The molecule has 1 atom stereocenters. The molecule has 0 aliphatic heterocycles. The Balaban J connectivity index is 2.40. The lowest BCUT2D eigenvalue weighted by atomic mass is 9.97. The van der Waals surface area contributed by atoms with E-state index in [0.717, 1.165) is 12.8 Å². The van der Waals surface area contributed by atoms with Gasteiger partial charge < -0.3 is 5.32 Å². The van der Waals surface area contributed by atoms with Crippen molar-refractivity contribution in [2.75, 3.05) is 7.05 Å². The highest BCUT2D eigenvalue weighted by molar-refractivity contribution is 5.16. The van der Waals surface area contributed by atoms with Gasteiger partial charge in [0.05, 0.1) is 0 Å². The largest absolute Gasteiger partial charge is 0.317 e. The number of benzene rings is 1. The standard InChI is InChI=1S/C14H22FN/c1-11(2)10-14(16-3)9-6-12-4-7-13(15)8-5-12/h4-5,7-8,11,14,16H,6,9-10H2,1-3H3. The fourth-order valence-corrected chi connectivity index (χ4v) is 1.94. The highest BCUT2D eigenvalue weighted by atomic mass is 19.1. The molecule has 0 radical (unpaired) electrons. The molecule has 0 saturated carbocycles. The average molecular weight is 223 g/mol. The summed E-state index contributed by atoms with van der Waals surface area (Å²) < 4.78 is 12.7.